The molecule has 5 heteroatoms. The quantitative estimate of drug-likeness (QED) is 0.225. The van der Waals surface area contributed by atoms with E-state index in [0.29, 0.717) is 10.3 Å². The summed E-state index contributed by atoms with van der Waals surface area (Å²) in [6, 6.07) is 5.88. The molecular formula is C8H8N2O3. The second kappa shape index (κ2) is 3.66. The Hall–Kier alpha value is -1.91. The molecule has 0 spiro atoms. The number of nitro groups is 1. The standard InChI is InChI=1S/C8H8N2O3/c1-9(11)6-7-3-2-4-8(5-7)10(12)13/h2-6H,1H3. The summed E-state index contributed by atoms with van der Waals surface area (Å²) in [4.78, 5) is 9.84. The molecule has 0 fully saturated rings. The number of hydrogen-bond acceptors (Lipinski definition) is 3. The first-order valence-electron chi connectivity index (χ1n) is 3.59. The van der Waals surface area contributed by atoms with Crippen molar-refractivity contribution < 1.29 is 9.66 Å². The first-order chi connectivity index (χ1) is 6.09. The normalized spacial score (nSPS) is 11.3. The van der Waals surface area contributed by atoms with E-state index in [1.54, 1.807) is 6.07 Å². The van der Waals surface area contributed by atoms with Gasteiger partial charge >= 0.3 is 0 Å². The Morgan fingerprint density at radius 1 is 1.38 bits per heavy atom. The first-order valence-corrected chi connectivity index (χ1v) is 3.59. The zero-order valence-electron chi connectivity index (χ0n) is 7.01. The van der Waals surface area contributed by atoms with Crippen molar-refractivity contribution in [1.29, 1.82) is 0 Å². The molecule has 0 aliphatic heterocycles. The Morgan fingerprint density at radius 3 is 2.62 bits per heavy atom. The average Bonchev–Trinajstić information content (AvgIpc) is 2.03. The summed E-state index contributed by atoms with van der Waals surface area (Å²) in [5.74, 6) is 0. The molecule has 0 aliphatic carbocycles. The van der Waals surface area contributed by atoms with Crippen LogP contribution in [0.3, 0.4) is 0 Å². The number of hydroxylamine groups is 1. The van der Waals surface area contributed by atoms with Crippen LogP contribution < -0.4 is 0 Å². The number of nitrogens with zero attached hydrogens (tertiary/aromatic N) is 2. The Balaban J connectivity index is 3.06. The molecule has 0 heterocycles. The van der Waals surface area contributed by atoms with Crippen LogP contribution in [0.2, 0.25) is 0 Å². The third-order valence-electron chi connectivity index (χ3n) is 1.41. The molecule has 1 aromatic rings. The lowest BCUT2D eigenvalue weighted by Gasteiger charge is -1.95. The fourth-order valence-electron chi connectivity index (χ4n) is 0.929. The van der Waals surface area contributed by atoms with Gasteiger partial charge in [0, 0.05) is 17.7 Å². The van der Waals surface area contributed by atoms with Gasteiger partial charge in [0.1, 0.15) is 7.05 Å². The summed E-state index contributed by atoms with van der Waals surface area (Å²) in [6.45, 7) is 0. The molecule has 0 amide bonds. The van der Waals surface area contributed by atoms with E-state index in [4.69, 9.17) is 0 Å². The van der Waals surface area contributed by atoms with E-state index < -0.39 is 4.92 Å². The van der Waals surface area contributed by atoms with Crippen molar-refractivity contribution in [1.82, 2.24) is 0 Å². The molecular weight excluding hydrogens is 172 g/mol. The summed E-state index contributed by atoms with van der Waals surface area (Å²) in [5, 5.41) is 20.9. The molecule has 0 atom stereocenters. The minimum Gasteiger partial charge on any atom is -0.624 e. The number of benzene rings is 1. The predicted octanol–water partition coefficient (Wildman–Crippen LogP) is 1.15. The third-order valence-corrected chi connectivity index (χ3v) is 1.41. The number of nitro benzene ring substituents is 1. The van der Waals surface area contributed by atoms with Crippen molar-refractivity contribution in [3.05, 3.63) is 45.2 Å². The fourth-order valence-corrected chi connectivity index (χ4v) is 0.929. The second-order valence-corrected chi connectivity index (χ2v) is 2.53. The van der Waals surface area contributed by atoms with Crippen LogP contribution in [0.25, 0.3) is 0 Å². The molecule has 0 N–H and O–H groups in total. The Labute approximate surface area is 74.7 Å². The summed E-state index contributed by atoms with van der Waals surface area (Å²) in [7, 11) is 1.32. The minimum atomic E-state index is -0.498. The highest BCUT2D eigenvalue weighted by atomic mass is 16.6. The molecule has 1 rings (SSSR count). The Morgan fingerprint density at radius 2 is 2.08 bits per heavy atom. The lowest BCUT2D eigenvalue weighted by Crippen LogP contribution is -1.98. The molecule has 0 saturated carbocycles. The Kier molecular flexibility index (Phi) is 2.59. The number of non-ortho nitro benzene ring substituents is 1. The highest BCUT2D eigenvalue weighted by Crippen LogP contribution is 2.11. The van der Waals surface area contributed by atoms with Gasteiger partial charge in [0.15, 0.2) is 6.21 Å². The van der Waals surface area contributed by atoms with Gasteiger partial charge in [-0.25, -0.2) is 4.74 Å². The molecule has 0 aliphatic rings. The SMILES string of the molecule is C[N+]([O-])=Cc1cccc([N+](=O)[O-])c1. The van der Waals surface area contributed by atoms with Crippen LogP contribution >= 0.6 is 0 Å². The summed E-state index contributed by atoms with van der Waals surface area (Å²) < 4.78 is 0.596. The highest BCUT2D eigenvalue weighted by molar-refractivity contribution is 5.76. The van der Waals surface area contributed by atoms with E-state index in [-0.39, 0.29) is 5.69 Å². The molecule has 0 aromatic heterocycles. The average molecular weight is 180 g/mol. The molecule has 13 heavy (non-hydrogen) atoms. The summed E-state index contributed by atoms with van der Waals surface area (Å²) in [5.41, 5.74) is 0.502. The van der Waals surface area contributed by atoms with Gasteiger partial charge in [-0.2, -0.15) is 0 Å². The van der Waals surface area contributed by atoms with Crippen LogP contribution in [0.15, 0.2) is 24.3 Å². The highest BCUT2D eigenvalue weighted by Gasteiger charge is 2.04. The molecule has 0 radical (unpaired) electrons. The fraction of sp³-hybridized carbons (Fsp3) is 0.125. The van der Waals surface area contributed by atoms with Gasteiger partial charge in [0.2, 0.25) is 0 Å². The monoisotopic (exact) mass is 180 g/mol. The molecule has 1 aromatic carbocycles. The van der Waals surface area contributed by atoms with E-state index in [1.165, 1.54) is 31.5 Å². The van der Waals surface area contributed by atoms with Crippen molar-refractivity contribution >= 4 is 11.9 Å². The maximum Gasteiger partial charge on any atom is 0.270 e. The van der Waals surface area contributed by atoms with E-state index in [1.807, 2.05) is 0 Å². The second-order valence-electron chi connectivity index (χ2n) is 2.53. The smallest absolute Gasteiger partial charge is 0.270 e. The van der Waals surface area contributed by atoms with Gasteiger partial charge < -0.3 is 5.21 Å². The van der Waals surface area contributed by atoms with Crippen LogP contribution in [0.1, 0.15) is 5.56 Å². The van der Waals surface area contributed by atoms with Gasteiger partial charge in [-0.1, -0.05) is 6.07 Å². The summed E-state index contributed by atoms with van der Waals surface area (Å²) in [6.07, 6.45) is 1.27. The predicted molar refractivity (Wildman–Crippen MR) is 47.8 cm³/mol. The Bertz CT molecular complexity index is 356. The van der Waals surface area contributed by atoms with E-state index >= 15 is 0 Å². The van der Waals surface area contributed by atoms with Crippen molar-refractivity contribution in [3.63, 3.8) is 0 Å². The zero-order valence-corrected chi connectivity index (χ0v) is 7.01. The first kappa shape index (κ1) is 9.18. The molecule has 68 valence electrons. The third kappa shape index (κ3) is 2.55. The van der Waals surface area contributed by atoms with Crippen LogP contribution in [-0.4, -0.2) is 22.9 Å². The topological polar surface area (TPSA) is 69.2 Å². The van der Waals surface area contributed by atoms with Gasteiger partial charge in [-0.05, 0) is 6.07 Å². The summed E-state index contributed by atoms with van der Waals surface area (Å²) >= 11 is 0. The van der Waals surface area contributed by atoms with Crippen LogP contribution in [-0.2, 0) is 0 Å². The molecule has 0 bridgehead atoms. The van der Waals surface area contributed by atoms with Gasteiger partial charge in [0.25, 0.3) is 5.69 Å². The lowest BCUT2D eigenvalue weighted by atomic mass is 10.2. The maximum atomic E-state index is 10.6. The van der Waals surface area contributed by atoms with Gasteiger partial charge in [-0.15, -0.1) is 0 Å². The van der Waals surface area contributed by atoms with Gasteiger partial charge in [-0.3, -0.25) is 10.1 Å². The van der Waals surface area contributed by atoms with Gasteiger partial charge in [0.05, 0.1) is 4.92 Å². The lowest BCUT2D eigenvalue weighted by molar-refractivity contribution is -0.416. The van der Waals surface area contributed by atoms with Crippen molar-refractivity contribution in [2.75, 3.05) is 7.05 Å². The number of rotatable bonds is 2. The van der Waals surface area contributed by atoms with Crippen molar-refractivity contribution in [2.45, 2.75) is 0 Å². The van der Waals surface area contributed by atoms with Crippen LogP contribution in [0, 0.1) is 15.3 Å². The molecule has 0 saturated heterocycles. The minimum absolute atomic E-state index is 0.0180. The van der Waals surface area contributed by atoms with E-state index in [0.717, 1.165) is 0 Å². The van der Waals surface area contributed by atoms with E-state index in [9.17, 15) is 15.3 Å². The van der Waals surface area contributed by atoms with E-state index in [2.05, 4.69) is 0 Å². The molecule has 5 nitrogen and oxygen atoms in total. The number of hydrogen-bond donors (Lipinski definition) is 0. The molecule has 0 unspecified atom stereocenters. The van der Waals surface area contributed by atoms with Crippen molar-refractivity contribution in [3.8, 4) is 0 Å². The van der Waals surface area contributed by atoms with Crippen LogP contribution in [0.4, 0.5) is 5.69 Å². The maximum absolute atomic E-state index is 10.6. The largest absolute Gasteiger partial charge is 0.624 e. The zero-order chi connectivity index (χ0) is 9.84. The van der Waals surface area contributed by atoms with Crippen LogP contribution in [0.5, 0.6) is 0 Å². The van der Waals surface area contributed by atoms with Crippen molar-refractivity contribution in [2.24, 2.45) is 0 Å².